The lowest BCUT2D eigenvalue weighted by molar-refractivity contribution is -0.124. The monoisotopic (exact) mass is 393 g/mol. The molecular formula is C22H23N3O4. The maximum absolute atomic E-state index is 12.6. The Balaban J connectivity index is 1.87. The average molecular weight is 393 g/mol. The summed E-state index contributed by atoms with van der Waals surface area (Å²) < 4.78 is 11.7. The Kier molecular flexibility index (Phi) is 6.29. The van der Waals surface area contributed by atoms with Gasteiger partial charge in [0.2, 0.25) is 5.91 Å². The number of nitrogens with one attached hydrogen (secondary N) is 1. The minimum absolute atomic E-state index is 0.297. The number of benzene rings is 2. The van der Waals surface area contributed by atoms with Gasteiger partial charge in [-0.15, -0.1) is 0 Å². The smallest absolute Gasteiger partial charge is 0.271 e. The van der Waals surface area contributed by atoms with E-state index in [0.29, 0.717) is 23.7 Å². The fraction of sp³-hybridized carbons (Fsp3) is 0.227. The summed E-state index contributed by atoms with van der Waals surface area (Å²) >= 11 is 0. The minimum atomic E-state index is -0.783. The molecule has 0 aliphatic rings. The Hall–Kier alpha value is -3.61. The van der Waals surface area contributed by atoms with E-state index in [1.807, 2.05) is 42.5 Å². The molecule has 1 aromatic heterocycles. The summed E-state index contributed by atoms with van der Waals surface area (Å²) in [6.45, 7) is 2.01. The van der Waals surface area contributed by atoms with Gasteiger partial charge in [-0.25, -0.2) is 4.68 Å². The summed E-state index contributed by atoms with van der Waals surface area (Å²) in [5, 5.41) is 7.26. The number of aromatic nitrogens is 2. The largest absolute Gasteiger partial charge is 0.497 e. The molecule has 1 N–H and O–H groups in total. The van der Waals surface area contributed by atoms with Crippen molar-refractivity contribution >= 4 is 5.91 Å². The fourth-order valence-electron chi connectivity index (χ4n) is 2.88. The molecule has 0 aliphatic carbocycles. The van der Waals surface area contributed by atoms with Crippen LogP contribution in [-0.4, -0.2) is 29.9 Å². The third-order valence-corrected chi connectivity index (χ3v) is 4.56. The number of rotatable bonds is 7. The van der Waals surface area contributed by atoms with E-state index in [-0.39, 0.29) is 5.91 Å². The molecule has 0 saturated carbocycles. The maximum Gasteiger partial charge on any atom is 0.271 e. The van der Waals surface area contributed by atoms with Crippen LogP contribution in [0, 0.1) is 0 Å². The molecule has 2 aromatic carbocycles. The highest BCUT2D eigenvalue weighted by molar-refractivity contribution is 5.79. The Labute approximate surface area is 168 Å². The van der Waals surface area contributed by atoms with Gasteiger partial charge in [0, 0.05) is 18.2 Å². The maximum atomic E-state index is 12.6. The van der Waals surface area contributed by atoms with Gasteiger partial charge in [-0.2, -0.15) is 5.10 Å². The summed E-state index contributed by atoms with van der Waals surface area (Å²) in [5.74, 6) is 0.748. The molecule has 0 bridgehead atoms. The molecule has 3 rings (SSSR count). The third kappa shape index (κ3) is 4.63. The van der Waals surface area contributed by atoms with Crippen molar-refractivity contribution in [2.75, 3.05) is 14.2 Å². The number of nitrogens with zero attached hydrogens (tertiary/aromatic N) is 2. The molecule has 29 heavy (non-hydrogen) atoms. The molecule has 1 amide bonds. The highest BCUT2D eigenvalue weighted by Gasteiger charge is 2.20. The number of hydrogen-bond acceptors (Lipinski definition) is 5. The molecular weight excluding hydrogens is 370 g/mol. The quantitative estimate of drug-likeness (QED) is 0.667. The van der Waals surface area contributed by atoms with Crippen LogP contribution in [0.3, 0.4) is 0 Å². The van der Waals surface area contributed by atoms with Gasteiger partial charge in [0.1, 0.15) is 17.5 Å². The summed E-state index contributed by atoms with van der Waals surface area (Å²) in [6, 6.07) is 17.3. The van der Waals surface area contributed by atoms with Crippen molar-refractivity contribution in [2.24, 2.45) is 0 Å². The van der Waals surface area contributed by atoms with E-state index in [4.69, 9.17) is 9.47 Å². The van der Waals surface area contributed by atoms with Crippen LogP contribution in [0.25, 0.3) is 11.3 Å². The molecule has 3 aromatic rings. The minimum Gasteiger partial charge on any atom is -0.497 e. The topological polar surface area (TPSA) is 82.5 Å². The Morgan fingerprint density at radius 3 is 2.38 bits per heavy atom. The molecule has 7 nitrogen and oxygen atoms in total. The summed E-state index contributed by atoms with van der Waals surface area (Å²) in [6.07, 6.45) is 0. The lowest BCUT2D eigenvalue weighted by Gasteiger charge is -2.17. The Bertz CT molecular complexity index is 1030. The second-order valence-electron chi connectivity index (χ2n) is 6.45. The van der Waals surface area contributed by atoms with E-state index in [0.717, 1.165) is 11.1 Å². The summed E-state index contributed by atoms with van der Waals surface area (Å²) in [5.41, 5.74) is 1.77. The molecule has 1 atom stereocenters. The van der Waals surface area contributed by atoms with Crippen LogP contribution in [0.4, 0.5) is 0 Å². The first-order valence-electron chi connectivity index (χ1n) is 9.17. The number of methoxy groups -OCH3 is 2. The van der Waals surface area contributed by atoms with Crippen LogP contribution in [-0.2, 0) is 11.3 Å². The molecule has 0 radical (unpaired) electrons. The van der Waals surface area contributed by atoms with E-state index < -0.39 is 11.6 Å². The molecule has 1 heterocycles. The first kappa shape index (κ1) is 20.1. The van der Waals surface area contributed by atoms with E-state index in [1.165, 1.54) is 17.9 Å². The van der Waals surface area contributed by atoms with Crippen LogP contribution < -0.4 is 20.3 Å². The zero-order valence-electron chi connectivity index (χ0n) is 16.6. The summed E-state index contributed by atoms with van der Waals surface area (Å²) in [4.78, 5) is 25.1. The third-order valence-electron chi connectivity index (χ3n) is 4.56. The first-order chi connectivity index (χ1) is 14.0. The van der Waals surface area contributed by atoms with Gasteiger partial charge in [-0.1, -0.05) is 30.3 Å². The van der Waals surface area contributed by atoms with Crippen molar-refractivity contribution in [3.8, 4) is 22.8 Å². The number of amides is 1. The van der Waals surface area contributed by atoms with Gasteiger partial charge >= 0.3 is 0 Å². The van der Waals surface area contributed by atoms with Gasteiger partial charge < -0.3 is 14.8 Å². The molecule has 0 spiro atoms. The first-order valence-corrected chi connectivity index (χ1v) is 9.17. The van der Waals surface area contributed by atoms with Crippen LogP contribution in [0.15, 0.2) is 65.5 Å². The van der Waals surface area contributed by atoms with E-state index >= 15 is 0 Å². The SMILES string of the molecule is COc1ccc(-c2nn([C@@H](C)C(=O)NCc3ccccc3)c(=O)cc2OC)cc1. The number of carbonyl (C=O) groups is 1. The second kappa shape index (κ2) is 9.05. The number of carbonyl (C=O) groups excluding carboxylic acids is 1. The lowest BCUT2D eigenvalue weighted by Crippen LogP contribution is -2.36. The normalized spacial score (nSPS) is 11.6. The van der Waals surface area contributed by atoms with Crippen LogP contribution >= 0.6 is 0 Å². The van der Waals surface area contributed by atoms with Crippen molar-refractivity contribution < 1.29 is 14.3 Å². The Morgan fingerprint density at radius 1 is 1.07 bits per heavy atom. The molecule has 0 saturated heterocycles. The number of ether oxygens (including phenoxy) is 2. The van der Waals surface area contributed by atoms with Gasteiger partial charge in [0.15, 0.2) is 5.75 Å². The van der Waals surface area contributed by atoms with Crippen molar-refractivity contribution in [2.45, 2.75) is 19.5 Å². The predicted octanol–water partition coefficient (Wildman–Crippen LogP) is 2.80. The lowest BCUT2D eigenvalue weighted by atomic mass is 10.1. The van der Waals surface area contributed by atoms with Crippen molar-refractivity contribution in [3.05, 3.63) is 76.6 Å². The fourth-order valence-corrected chi connectivity index (χ4v) is 2.88. The molecule has 0 unspecified atom stereocenters. The predicted molar refractivity (Wildman–Crippen MR) is 110 cm³/mol. The van der Waals surface area contributed by atoms with E-state index in [2.05, 4.69) is 10.4 Å². The molecule has 0 fully saturated rings. The second-order valence-corrected chi connectivity index (χ2v) is 6.45. The van der Waals surface area contributed by atoms with Crippen molar-refractivity contribution in [3.63, 3.8) is 0 Å². The van der Waals surface area contributed by atoms with Crippen LogP contribution in [0.5, 0.6) is 11.5 Å². The highest BCUT2D eigenvalue weighted by atomic mass is 16.5. The Morgan fingerprint density at radius 2 is 1.76 bits per heavy atom. The zero-order chi connectivity index (χ0) is 20.8. The molecule has 150 valence electrons. The van der Waals surface area contributed by atoms with Crippen LogP contribution in [0.1, 0.15) is 18.5 Å². The zero-order valence-corrected chi connectivity index (χ0v) is 16.6. The standard InChI is InChI=1S/C22H23N3O4/c1-15(22(27)23-14-16-7-5-4-6-8-16)25-20(26)13-19(29-3)21(24-25)17-9-11-18(28-2)12-10-17/h4-13,15H,14H2,1-3H3,(H,23,27)/t15-/m0/s1. The summed E-state index contributed by atoms with van der Waals surface area (Å²) in [7, 11) is 3.06. The van der Waals surface area contributed by atoms with Gasteiger partial charge in [0.05, 0.1) is 14.2 Å². The van der Waals surface area contributed by atoms with Crippen LogP contribution in [0.2, 0.25) is 0 Å². The average Bonchev–Trinajstić information content (AvgIpc) is 2.77. The van der Waals surface area contributed by atoms with E-state index in [9.17, 15) is 9.59 Å². The number of hydrogen-bond donors (Lipinski definition) is 1. The molecule has 7 heteroatoms. The highest BCUT2D eigenvalue weighted by Crippen LogP contribution is 2.28. The van der Waals surface area contributed by atoms with E-state index in [1.54, 1.807) is 26.2 Å². The van der Waals surface area contributed by atoms with Gasteiger partial charge in [0.25, 0.3) is 5.56 Å². The van der Waals surface area contributed by atoms with Gasteiger partial charge in [-0.05, 0) is 36.8 Å². The molecule has 0 aliphatic heterocycles. The van der Waals surface area contributed by atoms with Gasteiger partial charge in [-0.3, -0.25) is 9.59 Å². The van der Waals surface area contributed by atoms with Crippen molar-refractivity contribution in [1.82, 2.24) is 15.1 Å². The van der Waals surface area contributed by atoms with Crippen molar-refractivity contribution in [1.29, 1.82) is 0 Å².